The number of amides is 2. The van der Waals surface area contributed by atoms with Crippen molar-refractivity contribution < 1.29 is 9.59 Å². The lowest BCUT2D eigenvalue weighted by Gasteiger charge is -2.14. The van der Waals surface area contributed by atoms with Crippen LogP contribution in [0.3, 0.4) is 0 Å². The molecule has 70 valence electrons. The van der Waals surface area contributed by atoms with Gasteiger partial charge in [-0.2, -0.15) is 0 Å². The van der Waals surface area contributed by atoms with E-state index in [9.17, 15) is 9.59 Å². The molecule has 0 spiro atoms. The summed E-state index contributed by atoms with van der Waals surface area (Å²) in [5.41, 5.74) is 0. The van der Waals surface area contributed by atoms with E-state index in [1.165, 1.54) is 0 Å². The molecule has 2 amide bonds. The van der Waals surface area contributed by atoms with Crippen molar-refractivity contribution in [1.29, 1.82) is 0 Å². The average molecular weight is 172 g/mol. The Labute approximate surface area is 72.7 Å². The van der Waals surface area contributed by atoms with Gasteiger partial charge in [-0.1, -0.05) is 13.8 Å². The van der Waals surface area contributed by atoms with Crippen LogP contribution in [0.15, 0.2) is 0 Å². The van der Waals surface area contributed by atoms with Crippen LogP contribution in [0.25, 0.3) is 0 Å². The molecule has 0 saturated heterocycles. The average Bonchev–Trinajstić information content (AvgIpc) is 2.03. The summed E-state index contributed by atoms with van der Waals surface area (Å²) >= 11 is 0. The Morgan fingerprint density at radius 1 is 1.08 bits per heavy atom. The molecule has 0 saturated carbocycles. The summed E-state index contributed by atoms with van der Waals surface area (Å²) in [4.78, 5) is 21.7. The Morgan fingerprint density at radius 3 is 1.67 bits per heavy atom. The minimum absolute atomic E-state index is 0.0566. The van der Waals surface area contributed by atoms with Crippen LogP contribution < -0.4 is 10.6 Å². The third-order valence-corrected chi connectivity index (χ3v) is 1.40. The number of rotatable bonds is 4. The zero-order valence-electron chi connectivity index (χ0n) is 7.81. The summed E-state index contributed by atoms with van der Waals surface area (Å²) < 4.78 is 0. The van der Waals surface area contributed by atoms with Crippen LogP contribution in [-0.4, -0.2) is 18.0 Å². The first-order chi connectivity index (χ1) is 5.60. The van der Waals surface area contributed by atoms with Gasteiger partial charge in [-0.3, -0.25) is 9.59 Å². The fourth-order valence-corrected chi connectivity index (χ4v) is 0.723. The second kappa shape index (κ2) is 5.57. The fraction of sp³-hybridized carbons (Fsp3) is 0.750. The van der Waals surface area contributed by atoms with Crippen molar-refractivity contribution in [1.82, 2.24) is 10.6 Å². The van der Waals surface area contributed by atoms with Gasteiger partial charge in [0.1, 0.15) is 0 Å². The molecule has 0 radical (unpaired) electrons. The van der Waals surface area contributed by atoms with E-state index in [0.29, 0.717) is 12.8 Å². The van der Waals surface area contributed by atoms with Crippen LogP contribution in [0.4, 0.5) is 0 Å². The zero-order chi connectivity index (χ0) is 9.56. The molecule has 0 aromatic carbocycles. The largest absolute Gasteiger partial charge is 0.336 e. The highest BCUT2D eigenvalue weighted by molar-refractivity contribution is 5.78. The van der Waals surface area contributed by atoms with Crippen LogP contribution >= 0.6 is 0 Å². The fourth-order valence-electron chi connectivity index (χ4n) is 0.723. The van der Waals surface area contributed by atoms with Crippen LogP contribution in [0, 0.1) is 0 Å². The number of nitrogens with one attached hydrogen (secondary N) is 2. The van der Waals surface area contributed by atoms with Gasteiger partial charge in [0, 0.05) is 12.8 Å². The highest BCUT2D eigenvalue weighted by Crippen LogP contribution is 1.82. The molecule has 0 aliphatic heterocycles. The van der Waals surface area contributed by atoms with Crippen LogP contribution in [-0.2, 0) is 9.59 Å². The minimum Gasteiger partial charge on any atom is -0.336 e. The predicted molar refractivity (Wildman–Crippen MR) is 46.3 cm³/mol. The van der Waals surface area contributed by atoms with Gasteiger partial charge in [-0.15, -0.1) is 0 Å². The molecule has 0 aromatic rings. The normalized spacial score (nSPS) is 9.67. The molecule has 2 N–H and O–H groups in total. The number of carbonyl (C=O) groups excluding carboxylic acids is 2. The first-order valence-corrected chi connectivity index (χ1v) is 4.18. The second-order valence-corrected chi connectivity index (χ2v) is 2.56. The molecule has 0 heterocycles. The van der Waals surface area contributed by atoms with E-state index in [-0.39, 0.29) is 18.0 Å². The maximum atomic E-state index is 10.8. The van der Waals surface area contributed by atoms with Crippen molar-refractivity contribution in [3.8, 4) is 0 Å². The molecule has 0 aliphatic carbocycles. The Balaban J connectivity index is 3.66. The van der Waals surface area contributed by atoms with Gasteiger partial charge in [0.05, 0.1) is 6.17 Å². The maximum absolute atomic E-state index is 10.8. The van der Waals surface area contributed by atoms with Crippen LogP contribution in [0.2, 0.25) is 0 Å². The molecule has 0 atom stereocenters. The summed E-state index contributed by atoms with van der Waals surface area (Å²) in [5, 5.41) is 5.25. The molecule has 0 bridgehead atoms. The van der Waals surface area contributed by atoms with Gasteiger partial charge in [-0.25, -0.2) is 0 Å². The van der Waals surface area contributed by atoms with E-state index in [0.717, 1.165) is 0 Å². The number of hydrogen-bond donors (Lipinski definition) is 2. The van der Waals surface area contributed by atoms with E-state index in [1.807, 2.05) is 0 Å². The molecule has 12 heavy (non-hydrogen) atoms. The third kappa shape index (κ3) is 4.71. The van der Waals surface area contributed by atoms with Gasteiger partial charge < -0.3 is 10.6 Å². The Hall–Kier alpha value is -1.06. The standard InChI is InChI=1S/C8H16N2O2/c1-4-7(11)9-6(3)10-8(12)5-2/h6H,4-5H2,1-3H3,(H,9,11)(H,10,12). The van der Waals surface area contributed by atoms with Gasteiger partial charge >= 0.3 is 0 Å². The molecule has 0 fully saturated rings. The molecule has 0 rings (SSSR count). The highest BCUT2D eigenvalue weighted by Gasteiger charge is 2.06. The van der Waals surface area contributed by atoms with E-state index >= 15 is 0 Å². The van der Waals surface area contributed by atoms with Crippen molar-refractivity contribution >= 4 is 11.8 Å². The smallest absolute Gasteiger partial charge is 0.221 e. The summed E-state index contributed by atoms with van der Waals surface area (Å²) in [6.07, 6.45) is 0.600. The molecule has 4 nitrogen and oxygen atoms in total. The van der Waals surface area contributed by atoms with E-state index in [4.69, 9.17) is 0 Å². The monoisotopic (exact) mass is 172 g/mol. The lowest BCUT2D eigenvalue weighted by Crippen LogP contribution is -2.45. The van der Waals surface area contributed by atoms with E-state index in [1.54, 1.807) is 20.8 Å². The van der Waals surface area contributed by atoms with Crippen molar-refractivity contribution in [3.63, 3.8) is 0 Å². The summed E-state index contributed by atoms with van der Waals surface area (Å²) in [6, 6.07) is 0. The predicted octanol–water partition coefficient (Wildman–Crippen LogP) is 0.385. The van der Waals surface area contributed by atoms with E-state index < -0.39 is 0 Å². The summed E-state index contributed by atoms with van der Waals surface area (Å²) in [5.74, 6) is -0.113. The van der Waals surface area contributed by atoms with Gasteiger partial charge in [0.25, 0.3) is 0 Å². The summed E-state index contributed by atoms with van der Waals surface area (Å²) in [6.45, 7) is 5.27. The minimum atomic E-state index is -0.273. The molecule has 0 unspecified atom stereocenters. The van der Waals surface area contributed by atoms with Crippen molar-refractivity contribution in [3.05, 3.63) is 0 Å². The van der Waals surface area contributed by atoms with Gasteiger partial charge in [0.2, 0.25) is 11.8 Å². The second-order valence-electron chi connectivity index (χ2n) is 2.56. The molecular weight excluding hydrogens is 156 g/mol. The van der Waals surface area contributed by atoms with Crippen molar-refractivity contribution in [2.75, 3.05) is 0 Å². The third-order valence-electron chi connectivity index (χ3n) is 1.40. The Morgan fingerprint density at radius 2 is 1.42 bits per heavy atom. The number of carbonyl (C=O) groups is 2. The quantitative estimate of drug-likeness (QED) is 0.602. The SMILES string of the molecule is CCC(=O)NC(C)NC(=O)CC. The molecular formula is C8H16N2O2. The topological polar surface area (TPSA) is 58.2 Å². The van der Waals surface area contributed by atoms with Crippen LogP contribution in [0.5, 0.6) is 0 Å². The molecule has 0 aliphatic rings. The first-order valence-electron chi connectivity index (χ1n) is 4.18. The molecule has 0 aromatic heterocycles. The van der Waals surface area contributed by atoms with Gasteiger partial charge in [0.15, 0.2) is 0 Å². The van der Waals surface area contributed by atoms with Crippen LogP contribution in [0.1, 0.15) is 33.6 Å². The lowest BCUT2D eigenvalue weighted by atomic mass is 10.4. The first kappa shape index (κ1) is 10.9. The zero-order valence-corrected chi connectivity index (χ0v) is 7.81. The Bertz CT molecular complexity index is 150. The van der Waals surface area contributed by atoms with E-state index in [2.05, 4.69) is 10.6 Å². The number of hydrogen-bond acceptors (Lipinski definition) is 2. The van der Waals surface area contributed by atoms with Crippen molar-refractivity contribution in [2.24, 2.45) is 0 Å². The maximum Gasteiger partial charge on any atom is 0.221 e. The summed E-state index contributed by atoms with van der Waals surface area (Å²) in [7, 11) is 0. The Kier molecular flexibility index (Phi) is 5.08. The van der Waals surface area contributed by atoms with Gasteiger partial charge in [-0.05, 0) is 6.92 Å². The lowest BCUT2D eigenvalue weighted by molar-refractivity contribution is -0.123. The highest BCUT2D eigenvalue weighted by atomic mass is 16.2. The van der Waals surface area contributed by atoms with Crippen molar-refractivity contribution in [2.45, 2.75) is 39.8 Å². The molecule has 4 heteroatoms.